The minimum atomic E-state index is -4.83. The molecule has 212 valence electrons. The first-order valence-corrected chi connectivity index (χ1v) is 15.1. The molecule has 15 heteroatoms. The maximum Gasteiger partial charge on any atom is 0.416 e. The molecule has 0 saturated carbocycles. The molecule has 0 aliphatic carbocycles. The van der Waals surface area contributed by atoms with E-state index in [-0.39, 0.29) is 30.8 Å². The highest BCUT2D eigenvalue weighted by molar-refractivity contribution is 7.92. The van der Waals surface area contributed by atoms with Crippen molar-refractivity contribution in [3.05, 3.63) is 65.6 Å². The molecule has 1 aliphatic rings. The van der Waals surface area contributed by atoms with Crippen LogP contribution in [0.2, 0.25) is 0 Å². The molecule has 0 amide bonds. The molecule has 0 fully saturated rings. The lowest BCUT2D eigenvalue weighted by molar-refractivity contribution is -0.137. The van der Waals surface area contributed by atoms with Crippen LogP contribution in [-0.4, -0.2) is 41.4 Å². The summed E-state index contributed by atoms with van der Waals surface area (Å²) in [5.41, 5.74) is -0.920. The number of sulfonamides is 1. The van der Waals surface area contributed by atoms with Crippen molar-refractivity contribution in [3.8, 4) is 23.6 Å². The second-order valence-electron chi connectivity index (χ2n) is 8.60. The zero-order valence-electron chi connectivity index (χ0n) is 20.7. The Balaban J connectivity index is 1.47. The largest absolute Gasteiger partial charge is 0.424 e. The standard InChI is InChI=1S/C25H23F4N5O4S2/c26-21-10-9-18(25(27,28)29)14-22(21)40(36,37)33-12-2-1-6-17-16-32-24-34-23(17)31-11-3-4-13-39(30,35)20-8-5-7-19(15-20)38-24/h5,7-10,14-16,30,33H,2-4,11-13H2,(H,31,32,34). The molecule has 1 aromatic heterocycles. The number of aromatic nitrogens is 2. The van der Waals surface area contributed by atoms with Gasteiger partial charge in [-0.2, -0.15) is 18.2 Å². The van der Waals surface area contributed by atoms with Gasteiger partial charge in [0.1, 0.15) is 22.3 Å². The summed E-state index contributed by atoms with van der Waals surface area (Å²) in [5, 5.41) is 3.10. The molecule has 1 atom stereocenters. The fourth-order valence-corrected chi connectivity index (χ4v) is 6.20. The molecule has 4 bridgehead atoms. The SMILES string of the molecule is N=S1(=O)CCCCNc2nc(ncc2C#CCCNS(=O)(=O)c2cc(C(F)(F)F)ccc2F)Oc2cccc1c2. The number of fused-ring (bicyclic) bond motifs is 4. The molecule has 4 rings (SSSR count). The lowest BCUT2D eigenvalue weighted by Crippen LogP contribution is -2.26. The van der Waals surface area contributed by atoms with Gasteiger partial charge in [0.25, 0.3) is 0 Å². The number of benzene rings is 2. The van der Waals surface area contributed by atoms with Gasteiger partial charge < -0.3 is 10.1 Å². The predicted molar refractivity (Wildman–Crippen MR) is 138 cm³/mol. The molecule has 40 heavy (non-hydrogen) atoms. The molecule has 2 aromatic carbocycles. The van der Waals surface area contributed by atoms with Crippen LogP contribution in [0.25, 0.3) is 0 Å². The minimum absolute atomic E-state index is 0.0169. The van der Waals surface area contributed by atoms with Crippen LogP contribution in [0.15, 0.2) is 58.5 Å². The van der Waals surface area contributed by atoms with Crippen molar-refractivity contribution in [2.45, 2.75) is 35.2 Å². The van der Waals surface area contributed by atoms with Gasteiger partial charge >= 0.3 is 12.2 Å². The number of nitrogens with one attached hydrogen (secondary N) is 3. The van der Waals surface area contributed by atoms with E-state index in [0.29, 0.717) is 53.5 Å². The van der Waals surface area contributed by atoms with E-state index in [2.05, 4.69) is 27.1 Å². The first kappa shape index (κ1) is 29.2. The van der Waals surface area contributed by atoms with E-state index in [1.54, 1.807) is 18.2 Å². The van der Waals surface area contributed by atoms with Gasteiger partial charge in [0.2, 0.25) is 10.0 Å². The van der Waals surface area contributed by atoms with Gasteiger partial charge in [-0.05, 0) is 49.2 Å². The molecule has 9 nitrogen and oxygen atoms in total. The summed E-state index contributed by atoms with van der Waals surface area (Å²) in [5.74, 6) is 5.05. The molecule has 2 heterocycles. The van der Waals surface area contributed by atoms with Crippen molar-refractivity contribution < 1.29 is 34.9 Å². The topological polar surface area (TPSA) is 134 Å². The quantitative estimate of drug-likeness (QED) is 0.224. The number of halogens is 4. The summed E-state index contributed by atoms with van der Waals surface area (Å²) in [6, 6.07) is 7.51. The normalized spacial score (nSPS) is 17.6. The number of anilines is 1. The number of alkyl halides is 3. The molecular weight excluding hydrogens is 574 g/mol. The van der Waals surface area contributed by atoms with Crippen molar-refractivity contribution in [1.82, 2.24) is 14.7 Å². The average molecular weight is 598 g/mol. The summed E-state index contributed by atoms with van der Waals surface area (Å²) < 4.78 is 106. The van der Waals surface area contributed by atoms with E-state index in [1.165, 1.54) is 12.3 Å². The van der Waals surface area contributed by atoms with E-state index < -0.39 is 42.2 Å². The lowest BCUT2D eigenvalue weighted by atomic mass is 10.2. The zero-order valence-corrected chi connectivity index (χ0v) is 22.4. The van der Waals surface area contributed by atoms with Crippen molar-refractivity contribution in [3.63, 3.8) is 0 Å². The van der Waals surface area contributed by atoms with Crippen LogP contribution in [0.3, 0.4) is 0 Å². The Kier molecular flexibility index (Phi) is 8.62. The second-order valence-corrected chi connectivity index (χ2v) is 12.6. The number of rotatable bonds is 4. The van der Waals surface area contributed by atoms with Crippen LogP contribution in [-0.2, 0) is 25.9 Å². The van der Waals surface area contributed by atoms with Crippen molar-refractivity contribution in [1.29, 1.82) is 4.78 Å². The van der Waals surface area contributed by atoms with Gasteiger partial charge in [-0.1, -0.05) is 17.9 Å². The summed E-state index contributed by atoms with van der Waals surface area (Å²) in [6.45, 7) is 0.138. The number of ether oxygens (including phenoxy) is 1. The van der Waals surface area contributed by atoms with Gasteiger partial charge in [0.15, 0.2) is 0 Å². The first-order chi connectivity index (χ1) is 18.8. The molecule has 0 saturated heterocycles. The van der Waals surface area contributed by atoms with Crippen molar-refractivity contribution >= 4 is 25.6 Å². The monoisotopic (exact) mass is 597 g/mol. The highest BCUT2D eigenvalue weighted by atomic mass is 32.2. The molecule has 0 radical (unpaired) electrons. The summed E-state index contributed by atoms with van der Waals surface area (Å²) in [6.07, 6.45) is -2.37. The molecule has 0 spiro atoms. The van der Waals surface area contributed by atoms with E-state index in [0.717, 1.165) is 0 Å². The maximum absolute atomic E-state index is 14.0. The number of hydrogen-bond donors (Lipinski definition) is 3. The van der Waals surface area contributed by atoms with Crippen LogP contribution in [0.5, 0.6) is 11.8 Å². The van der Waals surface area contributed by atoms with Gasteiger partial charge in [0, 0.05) is 25.3 Å². The predicted octanol–water partition coefficient (Wildman–Crippen LogP) is 4.76. The van der Waals surface area contributed by atoms with Gasteiger partial charge in [-0.25, -0.2) is 31.5 Å². The molecule has 1 unspecified atom stereocenters. The van der Waals surface area contributed by atoms with Crippen LogP contribution in [0.1, 0.15) is 30.4 Å². The Hall–Kier alpha value is -3.74. The minimum Gasteiger partial charge on any atom is -0.424 e. The van der Waals surface area contributed by atoms with E-state index in [9.17, 15) is 30.2 Å². The second kappa shape index (κ2) is 11.8. The molecular formula is C25H23F4N5O4S2. The zero-order chi connectivity index (χ0) is 29.0. The van der Waals surface area contributed by atoms with Gasteiger partial charge in [0.05, 0.1) is 31.9 Å². The van der Waals surface area contributed by atoms with E-state index in [4.69, 9.17) is 9.52 Å². The fraction of sp³-hybridized carbons (Fsp3) is 0.280. The highest BCUT2D eigenvalue weighted by Gasteiger charge is 2.33. The van der Waals surface area contributed by atoms with Crippen LogP contribution in [0.4, 0.5) is 23.4 Å². The van der Waals surface area contributed by atoms with Crippen molar-refractivity contribution in [2.24, 2.45) is 0 Å². The number of nitrogens with zero attached hydrogens (tertiary/aromatic N) is 2. The third kappa shape index (κ3) is 7.26. The van der Waals surface area contributed by atoms with Crippen LogP contribution < -0.4 is 14.8 Å². The van der Waals surface area contributed by atoms with Gasteiger partial charge in [-0.3, -0.25) is 0 Å². The summed E-state index contributed by atoms with van der Waals surface area (Å²) in [4.78, 5) is 7.70. The van der Waals surface area contributed by atoms with Crippen LogP contribution >= 0.6 is 0 Å². The maximum atomic E-state index is 14.0. The summed E-state index contributed by atoms with van der Waals surface area (Å²) >= 11 is 0. The van der Waals surface area contributed by atoms with E-state index >= 15 is 0 Å². The number of hydrogen-bond acceptors (Lipinski definition) is 8. The van der Waals surface area contributed by atoms with Crippen molar-refractivity contribution in [2.75, 3.05) is 24.2 Å². The summed E-state index contributed by atoms with van der Waals surface area (Å²) in [7, 11) is -7.56. The Morgan fingerprint density at radius 3 is 2.75 bits per heavy atom. The Morgan fingerprint density at radius 1 is 1.18 bits per heavy atom. The Labute approximate surface area is 228 Å². The Morgan fingerprint density at radius 2 is 1.98 bits per heavy atom. The fourth-order valence-electron chi connectivity index (χ4n) is 3.61. The lowest BCUT2D eigenvalue weighted by Gasteiger charge is -2.11. The third-order valence-electron chi connectivity index (χ3n) is 5.63. The molecule has 3 aromatic rings. The highest BCUT2D eigenvalue weighted by Crippen LogP contribution is 2.31. The third-order valence-corrected chi connectivity index (χ3v) is 8.98. The molecule has 1 aliphatic heterocycles. The smallest absolute Gasteiger partial charge is 0.416 e. The van der Waals surface area contributed by atoms with Gasteiger partial charge in [-0.15, -0.1) is 0 Å². The van der Waals surface area contributed by atoms with E-state index in [1.807, 2.05) is 4.72 Å². The van der Waals surface area contributed by atoms with Crippen LogP contribution in [0, 0.1) is 22.4 Å². The Bertz CT molecular complexity index is 1690. The molecule has 3 N–H and O–H groups in total. The average Bonchev–Trinajstić information content (AvgIpc) is 2.89. The first-order valence-electron chi connectivity index (χ1n) is 11.9.